The molecule has 20 heavy (non-hydrogen) atoms. The SMILES string of the molecule is CCCCN(C)C(=O)CC(=O)Nc1ccc(CC)cc1. The van der Waals surface area contributed by atoms with E-state index in [0.29, 0.717) is 6.54 Å². The fraction of sp³-hybridized carbons (Fsp3) is 0.500. The second-order valence-corrected chi connectivity index (χ2v) is 4.94. The summed E-state index contributed by atoms with van der Waals surface area (Å²) in [5, 5.41) is 2.75. The molecule has 0 aliphatic carbocycles. The van der Waals surface area contributed by atoms with Crippen LogP contribution < -0.4 is 5.32 Å². The van der Waals surface area contributed by atoms with Gasteiger partial charge in [0, 0.05) is 19.3 Å². The first-order chi connectivity index (χ1) is 9.56. The molecule has 0 heterocycles. The van der Waals surface area contributed by atoms with Crippen LogP contribution in [0.2, 0.25) is 0 Å². The molecule has 1 aromatic rings. The fourth-order valence-electron chi connectivity index (χ4n) is 1.82. The topological polar surface area (TPSA) is 49.4 Å². The highest BCUT2D eigenvalue weighted by Crippen LogP contribution is 2.10. The highest BCUT2D eigenvalue weighted by Gasteiger charge is 2.13. The van der Waals surface area contributed by atoms with Gasteiger partial charge in [-0.05, 0) is 30.5 Å². The first kappa shape index (κ1) is 16.2. The predicted molar refractivity (Wildman–Crippen MR) is 81.6 cm³/mol. The molecular formula is C16H24N2O2. The molecule has 0 unspecified atom stereocenters. The van der Waals surface area contributed by atoms with Crippen LogP contribution in [-0.2, 0) is 16.0 Å². The van der Waals surface area contributed by atoms with E-state index in [2.05, 4.69) is 19.2 Å². The van der Waals surface area contributed by atoms with Crippen molar-refractivity contribution >= 4 is 17.5 Å². The first-order valence-electron chi connectivity index (χ1n) is 7.19. The van der Waals surface area contributed by atoms with Crippen molar-refractivity contribution in [2.24, 2.45) is 0 Å². The fourth-order valence-corrected chi connectivity index (χ4v) is 1.82. The molecule has 0 saturated carbocycles. The molecule has 2 amide bonds. The molecule has 110 valence electrons. The summed E-state index contributed by atoms with van der Waals surface area (Å²) in [4.78, 5) is 25.2. The van der Waals surface area contributed by atoms with Crippen molar-refractivity contribution < 1.29 is 9.59 Å². The van der Waals surface area contributed by atoms with E-state index in [1.165, 1.54) is 5.56 Å². The second kappa shape index (κ2) is 8.35. The molecule has 0 fully saturated rings. The number of rotatable bonds is 7. The molecule has 0 bridgehead atoms. The zero-order valence-corrected chi connectivity index (χ0v) is 12.6. The van der Waals surface area contributed by atoms with Crippen LogP contribution >= 0.6 is 0 Å². The van der Waals surface area contributed by atoms with Gasteiger partial charge in [-0.15, -0.1) is 0 Å². The average molecular weight is 276 g/mol. The summed E-state index contributed by atoms with van der Waals surface area (Å²) < 4.78 is 0. The van der Waals surface area contributed by atoms with E-state index in [1.54, 1.807) is 11.9 Å². The minimum atomic E-state index is -0.261. The van der Waals surface area contributed by atoms with Gasteiger partial charge in [0.25, 0.3) is 0 Å². The number of hydrogen-bond donors (Lipinski definition) is 1. The number of nitrogens with one attached hydrogen (secondary N) is 1. The van der Waals surface area contributed by atoms with Gasteiger partial charge in [0.05, 0.1) is 0 Å². The third-order valence-corrected chi connectivity index (χ3v) is 3.23. The summed E-state index contributed by atoms with van der Waals surface area (Å²) in [6, 6.07) is 7.68. The van der Waals surface area contributed by atoms with Crippen LogP contribution in [0.15, 0.2) is 24.3 Å². The molecule has 1 N–H and O–H groups in total. The third kappa shape index (κ3) is 5.43. The third-order valence-electron chi connectivity index (χ3n) is 3.23. The van der Waals surface area contributed by atoms with Gasteiger partial charge in [0.15, 0.2) is 0 Å². The molecule has 1 rings (SSSR count). The van der Waals surface area contributed by atoms with E-state index in [1.807, 2.05) is 24.3 Å². The van der Waals surface area contributed by atoms with E-state index in [0.717, 1.165) is 24.9 Å². The van der Waals surface area contributed by atoms with Crippen LogP contribution in [0.3, 0.4) is 0 Å². The summed E-state index contributed by atoms with van der Waals surface area (Å²) >= 11 is 0. The lowest BCUT2D eigenvalue weighted by Gasteiger charge is -2.16. The molecule has 0 aliphatic rings. The lowest BCUT2D eigenvalue weighted by molar-refractivity contribution is -0.133. The minimum Gasteiger partial charge on any atom is -0.345 e. The van der Waals surface area contributed by atoms with Crippen molar-refractivity contribution in [2.75, 3.05) is 18.9 Å². The maximum absolute atomic E-state index is 11.8. The van der Waals surface area contributed by atoms with Crippen molar-refractivity contribution in [2.45, 2.75) is 39.5 Å². The zero-order valence-electron chi connectivity index (χ0n) is 12.6. The van der Waals surface area contributed by atoms with Gasteiger partial charge < -0.3 is 10.2 Å². The van der Waals surface area contributed by atoms with E-state index < -0.39 is 0 Å². The molecule has 0 saturated heterocycles. The van der Waals surface area contributed by atoms with Gasteiger partial charge in [-0.2, -0.15) is 0 Å². The summed E-state index contributed by atoms with van der Waals surface area (Å²) in [5.41, 5.74) is 1.95. The van der Waals surface area contributed by atoms with E-state index >= 15 is 0 Å². The summed E-state index contributed by atoms with van der Waals surface area (Å²) in [5.74, 6) is -0.399. The smallest absolute Gasteiger partial charge is 0.233 e. The number of amides is 2. The van der Waals surface area contributed by atoms with Gasteiger partial charge in [0.1, 0.15) is 6.42 Å². The van der Waals surface area contributed by atoms with Crippen molar-refractivity contribution in [3.8, 4) is 0 Å². The highest BCUT2D eigenvalue weighted by atomic mass is 16.2. The summed E-state index contributed by atoms with van der Waals surface area (Å²) in [6.07, 6.45) is 2.86. The lowest BCUT2D eigenvalue weighted by atomic mass is 10.1. The highest BCUT2D eigenvalue weighted by molar-refractivity contribution is 6.03. The van der Waals surface area contributed by atoms with Crippen molar-refractivity contribution in [3.63, 3.8) is 0 Å². The number of carbonyl (C=O) groups excluding carboxylic acids is 2. The van der Waals surface area contributed by atoms with Crippen LogP contribution in [0.25, 0.3) is 0 Å². The molecule has 4 heteroatoms. The number of aryl methyl sites for hydroxylation is 1. The summed E-state index contributed by atoms with van der Waals surface area (Å²) in [6.45, 7) is 4.86. The van der Waals surface area contributed by atoms with Crippen LogP contribution in [0.5, 0.6) is 0 Å². The van der Waals surface area contributed by atoms with E-state index in [4.69, 9.17) is 0 Å². The number of carbonyl (C=O) groups is 2. The van der Waals surface area contributed by atoms with E-state index in [9.17, 15) is 9.59 Å². The Kier molecular flexibility index (Phi) is 6.77. The Morgan fingerprint density at radius 2 is 1.80 bits per heavy atom. The molecule has 0 atom stereocenters. The van der Waals surface area contributed by atoms with Crippen LogP contribution in [0.1, 0.15) is 38.7 Å². The normalized spacial score (nSPS) is 10.2. The molecule has 0 radical (unpaired) electrons. The maximum atomic E-state index is 11.8. The molecule has 0 aromatic heterocycles. The Morgan fingerprint density at radius 3 is 2.35 bits per heavy atom. The van der Waals surface area contributed by atoms with Crippen molar-refractivity contribution in [1.29, 1.82) is 0 Å². The van der Waals surface area contributed by atoms with Gasteiger partial charge in [0.2, 0.25) is 11.8 Å². The lowest BCUT2D eigenvalue weighted by Crippen LogP contribution is -2.31. The van der Waals surface area contributed by atoms with Crippen molar-refractivity contribution in [3.05, 3.63) is 29.8 Å². The average Bonchev–Trinajstić information content (AvgIpc) is 2.45. The number of anilines is 1. The Balaban J connectivity index is 2.44. The molecule has 4 nitrogen and oxygen atoms in total. The van der Waals surface area contributed by atoms with Gasteiger partial charge >= 0.3 is 0 Å². The van der Waals surface area contributed by atoms with Crippen molar-refractivity contribution in [1.82, 2.24) is 4.90 Å². The quantitative estimate of drug-likeness (QED) is 0.778. The predicted octanol–water partition coefficient (Wildman–Crippen LogP) is 2.84. The van der Waals surface area contributed by atoms with Crippen LogP contribution in [-0.4, -0.2) is 30.3 Å². The summed E-state index contributed by atoms with van der Waals surface area (Å²) in [7, 11) is 1.74. The first-order valence-corrected chi connectivity index (χ1v) is 7.19. The zero-order chi connectivity index (χ0) is 15.0. The maximum Gasteiger partial charge on any atom is 0.233 e. The Hall–Kier alpha value is -1.84. The van der Waals surface area contributed by atoms with Gasteiger partial charge in [-0.1, -0.05) is 32.4 Å². The number of nitrogens with zero attached hydrogens (tertiary/aromatic N) is 1. The Labute approximate surface area is 121 Å². The standard InChI is InChI=1S/C16H24N2O2/c1-4-6-11-18(3)16(20)12-15(19)17-14-9-7-13(5-2)8-10-14/h7-10H,4-6,11-12H2,1-3H3,(H,17,19). The minimum absolute atomic E-state index is 0.101. The molecule has 1 aromatic carbocycles. The van der Waals surface area contributed by atoms with Crippen LogP contribution in [0, 0.1) is 0 Å². The Morgan fingerprint density at radius 1 is 1.15 bits per heavy atom. The second-order valence-electron chi connectivity index (χ2n) is 4.94. The van der Waals surface area contributed by atoms with Gasteiger partial charge in [-0.25, -0.2) is 0 Å². The van der Waals surface area contributed by atoms with Gasteiger partial charge in [-0.3, -0.25) is 9.59 Å². The molecular weight excluding hydrogens is 252 g/mol. The largest absolute Gasteiger partial charge is 0.345 e. The van der Waals surface area contributed by atoms with Crippen LogP contribution in [0.4, 0.5) is 5.69 Å². The number of benzene rings is 1. The Bertz CT molecular complexity index is 440. The number of hydrogen-bond acceptors (Lipinski definition) is 2. The molecule has 0 aliphatic heterocycles. The number of unbranched alkanes of at least 4 members (excludes halogenated alkanes) is 1. The molecule has 0 spiro atoms. The monoisotopic (exact) mass is 276 g/mol. The van der Waals surface area contributed by atoms with E-state index in [-0.39, 0.29) is 18.2 Å².